The van der Waals surface area contributed by atoms with Crippen LogP contribution in [0.4, 0.5) is 0 Å². The van der Waals surface area contributed by atoms with Gasteiger partial charge in [0.1, 0.15) is 5.54 Å². The highest BCUT2D eigenvalue weighted by atomic mass is 16.2. The molecule has 0 spiro atoms. The maximum Gasteiger partial charge on any atom is 0.249 e. The second kappa shape index (κ2) is 4.08. The largest absolute Gasteiger partial charge is 0.340 e. The second-order valence-corrected chi connectivity index (χ2v) is 5.71. The molecule has 1 atom stereocenters. The summed E-state index contributed by atoms with van der Waals surface area (Å²) in [4.78, 5) is 26.0. The zero-order valence-corrected chi connectivity index (χ0v) is 11.2. The van der Waals surface area contributed by atoms with Crippen molar-refractivity contribution in [1.29, 1.82) is 0 Å². The SMILES string of the molecule is Cn1cc(CN2CC(=O)NC(C)(C3CC3)C2=O)cn1. The van der Waals surface area contributed by atoms with Crippen LogP contribution in [-0.2, 0) is 23.2 Å². The van der Waals surface area contributed by atoms with Gasteiger partial charge in [0.25, 0.3) is 0 Å². The Labute approximate surface area is 111 Å². The Kier molecular flexibility index (Phi) is 2.62. The topological polar surface area (TPSA) is 67.2 Å². The lowest BCUT2D eigenvalue weighted by Gasteiger charge is -2.40. The van der Waals surface area contributed by atoms with Gasteiger partial charge in [-0.1, -0.05) is 0 Å². The smallest absolute Gasteiger partial charge is 0.249 e. The third kappa shape index (κ3) is 2.11. The molecule has 2 aliphatic rings. The van der Waals surface area contributed by atoms with Crippen LogP contribution in [0.2, 0.25) is 0 Å². The van der Waals surface area contributed by atoms with Gasteiger partial charge in [0.15, 0.2) is 0 Å². The molecular formula is C13H18N4O2. The highest BCUT2D eigenvalue weighted by molar-refractivity contribution is 5.98. The second-order valence-electron chi connectivity index (χ2n) is 5.71. The first-order valence-electron chi connectivity index (χ1n) is 6.57. The van der Waals surface area contributed by atoms with E-state index in [2.05, 4.69) is 10.4 Å². The van der Waals surface area contributed by atoms with Gasteiger partial charge in [-0.15, -0.1) is 0 Å². The molecule has 102 valence electrons. The van der Waals surface area contributed by atoms with Gasteiger partial charge in [-0.2, -0.15) is 5.10 Å². The van der Waals surface area contributed by atoms with E-state index >= 15 is 0 Å². The molecule has 19 heavy (non-hydrogen) atoms. The fourth-order valence-electron chi connectivity index (χ4n) is 2.80. The number of amides is 2. The van der Waals surface area contributed by atoms with Crippen molar-refractivity contribution in [2.24, 2.45) is 13.0 Å². The number of hydrogen-bond donors (Lipinski definition) is 1. The summed E-state index contributed by atoms with van der Waals surface area (Å²) in [6.45, 7) is 2.43. The summed E-state index contributed by atoms with van der Waals surface area (Å²) in [7, 11) is 1.84. The predicted molar refractivity (Wildman–Crippen MR) is 67.9 cm³/mol. The summed E-state index contributed by atoms with van der Waals surface area (Å²) >= 11 is 0. The molecule has 1 saturated carbocycles. The van der Waals surface area contributed by atoms with E-state index in [1.165, 1.54) is 0 Å². The Morgan fingerprint density at radius 2 is 2.21 bits per heavy atom. The van der Waals surface area contributed by atoms with Crippen LogP contribution >= 0.6 is 0 Å². The number of nitrogens with zero attached hydrogens (tertiary/aromatic N) is 3. The van der Waals surface area contributed by atoms with Crippen LogP contribution in [0, 0.1) is 5.92 Å². The average molecular weight is 262 g/mol. The van der Waals surface area contributed by atoms with Crippen molar-refractivity contribution in [1.82, 2.24) is 20.0 Å². The minimum Gasteiger partial charge on any atom is -0.340 e. The quantitative estimate of drug-likeness (QED) is 0.837. The summed E-state index contributed by atoms with van der Waals surface area (Å²) in [5, 5.41) is 6.96. The number of aryl methyl sites for hydroxylation is 1. The van der Waals surface area contributed by atoms with Crippen molar-refractivity contribution in [2.75, 3.05) is 6.54 Å². The molecule has 6 nitrogen and oxygen atoms in total. The van der Waals surface area contributed by atoms with E-state index in [1.54, 1.807) is 15.8 Å². The van der Waals surface area contributed by atoms with Crippen molar-refractivity contribution in [3.8, 4) is 0 Å². The van der Waals surface area contributed by atoms with Gasteiger partial charge >= 0.3 is 0 Å². The van der Waals surface area contributed by atoms with Gasteiger partial charge in [-0.25, -0.2) is 0 Å². The third-order valence-electron chi connectivity index (χ3n) is 3.99. The van der Waals surface area contributed by atoms with Crippen LogP contribution in [-0.4, -0.2) is 38.6 Å². The van der Waals surface area contributed by atoms with E-state index in [0.717, 1.165) is 18.4 Å². The molecular weight excluding hydrogens is 244 g/mol. The molecule has 1 unspecified atom stereocenters. The Hall–Kier alpha value is -1.85. The van der Waals surface area contributed by atoms with Crippen LogP contribution < -0.4 is 5.32 Å². The molecule has 2 fully saturated rings. The Morgan fingerprint density at radius 1 is 1.47 bits per heavy atom. The van der Waals surface area contributed by atoms with Gasteiger partial charge in [0, 0.05) is 25.4 Å². The standard InChI is InChI=1S/C13H18N4O2/c1-13(10-3-4-10)12(19)17(8-11(18)15-13)7-9-5-14-16(2)6-9/h5-6,10H,3-4,7-8H2,1-2H3,(H,15,18). The maximum atomic E-state index is 12.6. The zero-order valence-electron chi connectivity index (χ0n) is 11.2. The highest BCUT2D eigenvalue weighted by Gasteiger charge is 2.52. The summed E-state index contributed by atoms with van der Waals surface area (Å²) in [5.41, 5.74) is 0.237. The van der Waals surface area contributed by atoms with Crippen molar-refractivity contribution >= 4 is 11.8 Å². The maximum absolute atomic E-state index is 12.6. The summed E-state index contributed by atoms with van der Waals surface area (Å²) in [6.07, 6.45) is 5.63. The zero-order chi connectivity index (χ0) is 13.6. The van der Waals surface area contributed by atoms with E-state index < -0.39 is 5.54 Å². The minimum atomic E-state index is -0.711. The van der Waals surface area contributed by atoms with Crippen LogP contribution in [0.5, 0.6) is 0 Å². The number of piperazine rings is 1. The lowest BCUT2D eigenvalue weighted by Crippen LogP contribution is -2.66. The van der Waals surface area contributed by atoms with E-state index in [0.29, 0.717) is 12.5 Å². The van der Waals surface area contributed by atoms with Crippen LogP contribution in [0.15, 0.2) is 12.4 Å². The van der Waals surface area contributed by atoms with Crippen molar-refractivity contribution < 1.29 is 9.59 Å². The molecule has 1 aromatic rings. The predicted octanol–water partition coefficient (Wildman–Crippen LogP) is 0.0472. The molecule has 1 aliphatic carbocycles. The number of hydrogen-bond acceptors (Lipinski definition) is 3. The molecule has 0 bridgehead atoms. The van der Waals surface area contributed by atoms with Crippen molar-refractivity contribution in [3.05, 3.63) is 18.0 Å². The van der Waals surface area contributed by atoms with Gasteiger partial charge in [0.05, 0.1) is 12.7 Å². The number of aromatic nitrogens is 2. The van der Waals surface area contributed by atoms with Gasteiger partial charge in [-0.3, -0.25) is 14.3 Å². The van der Waals surface area contributed by atoms with Crippen LogP contribution in [0.3, 0.4) is 0 Å². The minimum absolute atomic E-state index is 0.0263. The fourth-order valence-corrected chi connectivity index (χ4v) is 2.80. The molecule has 1 saturated heterocycles. The van der Waals surface area contributed by atoms with E-state index in [1.807, 2.05) is 20.2 Å². The normalized spacial score (nSPS) is 27.6. The molecule has 6 heteroatoms. The monoisotopic (exact) mass is 262 g/mol. The number of carbonyl (C=O) groups is 2. The molecule has 2 amide bonds. The Bertz CT molecular complexity index is 535. The van der Waals surface area contributed by atoms with E-state index in [4.69, 9.17) is 0 Å². The lowest BCUT2D eigenvalue weighted by molar-refractivity contribution is -0.150. The van der Waals surface area contributed by atoms with E-state index in [9.17, 15) is 9.59 Å². The summed E-state index contributed by atoms with van der Waals surface area (Å²) < 4.78 is 1.70. The van der Waals surface area contributed by atoms with Crippen molar-refractivity contribution in [3.63, 3.8) is 0 Å². The lowest BCUT2D eigenvalue weighted by atomic mass is 9.91. The van der Waals surface area contributed by atoms with Crippen LogP contribution in [0.1, 0.15) is 25.3 Å². The first kappa shape index (κ1) is 12.2. The highest BCUT2D eigenvalue weighted by Crippen LogP contribution is 2.41. The number of carbonyl (C=O) groups excluding carboxylic acids is 2. The molecule has 1 aromatic heterocycles. The molecule has 0 aromatic carbocycles. The molecule has 3 rings (SSSR count). The third-order valence-corrected chi connectivity index (χ3v) is 3.99. The molecule has 2 heterocycles. The van der Waals surface area contributed by atoms with Crippen molar-refractivity contribution in [2.45, 2.75) is 31.8 Å². The first-order valence-corrected chi connectivity index (χ1v) is 6.57. The van der Waals surface area contributed by atoms with E-state index in [-0.39, 0.29) is 18.4 Å². The number of nitrogens with one attached hydrogen (secondary N) is 1. The Morgan fingerprint density at radius 3 is 2.79 bits per heavy atom. The van der Waals surface area contributed by atoms with Crippen LogP contribution in [0.25, 0.3) is 0 Å². The molecule has 0 radical (unpaired) electrons. The Balaban J connectivity index is 1.80. The summed E-state index contributed by atoms with van der Waals surface area (Å²) in [5.74, 6) is 0.247. The van der Waals surface area contributed by atoms with Gasteiger partial charge in [-0.05, 0) is 25.7 Å². The number of rotatable bonds is 3. The van der Waals surface area contributed by atoms with Gasteiger partial charge in [0.2, 0.25) is 11.8 Å². The first-order chi connectivity index (χ1) is 8.99. The average Bonchev–Trinajstić information content (AvgIpc) is 3.11. The molecule has 1 aliphatic heterocycles. The summed E-state index contributed by atoms with van der Waals surface area (Å²) in [6, 6.07) is 0. The molecule has 1 N–H and O–H groups in total. The fraction of sp³-hybridized carbons (Fsp3) is 0.615. The van der Waals surface area contributed by atoms with Gasteiger partial charge < -0.3 is 10.2 Å².